The number of hydrogen-bond acceptors (Lipinski definition) is 3. The van der Waals surface area contributed by atoms with Crippen LogP contribution in [-0.4, -0.2) is 33.8 Å². The van der Waals surface area contributed by atoms with Gasteiger partial charge in [0.2, 0.25) is 0 Å². The van der Waals surface area contributed by atoms with Gasteiger partial charge >= 0.3 is 5.97 Å². The van der Waals surface area contributed by atoms with Gasteiger partial charge in [-0.2, -0.15) is 11.8 Å². The monoisotopic (exact) mass is 260 g/mol. The lowest BCUT2D eigenvalue weighted by atomic mass is 9.80. The average molecular weight is 260 g/mol. The van der Waals surface area contributed by atoms with Crippen molar-refractivity contribution in [2.75, 3.05) is 12.4 Å². The van der Waals surface area contributed by atoms with Gasteiger partial charge in [0.15, 0.2) is 0 Å². The number of carbonyl (C=O) groups is 1. The Labute approximate surface area is 108 Å². The van der Waals surface area contributed by atoms with Gasteiger partial charge in [-0.1, -0.05) is 19.8 Å². The molecule has 17 heavy (non-hydrogen) atoms. The SMILES string of the molecule is CCCC1CCC(C(=O)O)C(SCCCO)C1. The molecule has 0 saturated heterocycles. The molecule has 1 rings (SSSR count). The quantitative estimate of drug-likeness (QED) is 0.691. The highest BCUT2D eigenvalue weighted by molar-refractivity contribution is 7.99. The third-order valence-electron chi connectivity index (χ3n) is 3.55. The molecule has 1 aliphatic rings. The summed E-state index contributed by atoms with van der Waals surface area (Å²) in [5, 5.41) is 18.3. The van der Waals surface area contributed by atoms with E-state index in [1.54, 1.807) is 11.8 Å². The Hall–Kier alpha value is -0.220. The van der Waals surface area contributed by atoms with Crippen LogP contribution >= 0.6 is 11.8 Å². The first-order chi connectivity index (χ1) is 8.19. The molecule has 0 amide bonds. The summed E-state index contributed by atoms with van der Waals surface area (Å²) in [5.74, 6) is 0.777. The van der Waals surface area contributed by atoms with E-state index in [-0.39, 0.29) is 17.8 Å². The summed E-state index contributed by atoms with van der Waals surface area (Å²) < 4.78 is 0. The first-order valence-corrected chi connectivity index (χ1v) is 7.69. The number of rotatable bonds is 7. The van der Waals surface area contributed by atoms with Gasteiger partial charge in [-0.25, -0.2) is 0 Å². The number of hydrogen-bond donors (Lipinski definition) is 2. The van der Waals surface area contributed by atoms with Gasteiger partial charge in [-0.3, -0.25) is 4.79 Å². The maximum atomic E-state index is 11.2. The van der Waals surface area contributed by atoms with Gasteiger partial charge in [-0.05, 0) is 37.4 Å². The lowest BCUT2D eigenvalue weighted by Crippen LogP contribution is -2.33. The lowest BCUT2D eigenvalue weighted by Gasteiger charge is -2.33. The number of aliphatic hydroxyl groups is 1. The molecule has 4 heteroatoms. The second-order valence-electron chi connectivity index (χ2n) is 4.90. The van der Waals surface area contributed by atoms with E-state index in [0.29, 0.717) is 5.92 Å². The van der Waals surface area contributed by atoms with Crippen LogP contribution in [0.5, 0.6) is 0 Å². The minimum Gasteiger partial charge on any atom is -0.481 e. The summed E-state index contributed by atoms with van der Waals surface area (Å²) in [6, 6.07) is 0. The van der Waals surface area contributed by atoms with Crippen molar-refractivity contribution >= 4 is 17.7 Å². The Balaban J connectivity index is 2.47. The van der Waals surface area contributed by atoms with Crippen LogP contribution in [0.4, 0.5) is 0 Å². The molecule has 3 nitrogen and oxygen atoms in total. The standard InChI is InChI=1S/C13H24O3S/c1-2-4-10-5-6-11(13(15)16)12(9-10)17-8-3-7-14/h10-12,14H,2-9H2,1H3,(H,15,16). The summed E-state index contributed by atoms with van der Waals surface area (Å²) >= 11 is 1.75. The molecule has 1 fully saturated rings. The molecule has 0 aliphatic heterocycles. The molecule has 3 atom stereocenters. The smallest absolute Gasteiger partial charge is 0.307 e. The zero-order valence-electron chi connectivity index (χ0n) is 10.6. The number of carboxylic acids is 1. The third kappa shape index (κ3) is 4.88. The molecule has 100 valence electrons. The topological polar surface area (TPSA) is 57.5 Å². The molecule has 2 N–H and O–H groups in total. The van der Waals surface area contributed by atoms with Crippen molar-refractivity contribution in [2.45, 2.75) is 50.7 Å². The number of thioether (sulfide) groups is 1. The van der Waals surface area contributed by atoms with E-state index < -0.39 is 5.97 Å². The Kier molecular flexibility index (Phi) is 6.97. The third-order valence-corrected chi connectivity index (χ3v) is 5.02. The summed E-state index contributed by atoms with van der Waals surface area (Å²) in [5.41, 5.74) is 0. The molecule has 0 aromatic rings. The fourth-order valence-corrected chi connectivity index (χ4v) is 4.14. The van der Waals surface area contributed by atoms with E-state index in [9.17, 15) is 9.90 Å². The van der Waals surface area contributed by atoms with Gasteiger partial charge in [0.1, 0.15) is 0 Å². The molecule has 1 saturated carbocycles. The zero-order valence-corrected chi connectivity index (χ0v) is 11.4. The van der Waals surface area contributed by atoms with Gasteiger partial charge in [0, 0.05) is 11.9 Å². The summed E-state index contributed by atoms with van der Waals surface area (Å²) in [6.45, 7) is 2.40. The highest BCUT2D eigenvalue weighted by atomic mass is 32.2. The van der Waals surface area contributed by atoms with Crippen molar-refractivity contribution in [1.82, 2.24) is 0 Å². The van der Waals surface area contributed by atoms with E-state index in [1.165, 1.54) is 12.8 Å². The molecule has 0 bridgehead atoms. The van der Waals surface area contributed by atoms with Gasteiger partial charge < -0.3 is 10.2 Å². The maximum Gasteiger partial charge on any atom is 0.307 e. The highest BCUT2D eigenvalue weighted by Crippen LogP contribution is 2.38. The van der Waals surface area contributed by atoms with Crippen LogP contribution in [0.25, 0.3) is 0 Å². The van der Waals surface area contributed by atoms with Gasteiger partial charge in [0.25, 0.3) is 0 Å². The lowest BCUT2D eigenvalue weighted by molar-refractivity contribution is -0.142. The summed E-state index contributed by atoms with van der Waals surface area (Å²) in [4.78, 5) is 11.2. The van der Waals surface area contributed by atoms with Crippen molar-refractivity contribution in [3.63, 3.8) is 0 Å². The van der Waals surface area contributed by atoms with Crippen LogP contribution in [0.3, 0.4) is 0 Å². The van der Waals surface area contributed by atoms with E-state index in [0.717, 1.165) is 31.4 Å². The zero-order chi connectivity index (χ0) is 12.7. The average Bonchev–Trinajstić information content (AvgIpc) is 2.30. The fourth-order valence-electron chi connectivity index (χ4n) is 2.65. The van der Waals surface area contributed by atoms with Crippen LogP contribution in [0.15, 0.2) is 0 Å². The normalized spacial score (nSPS) is 29.2. The van der Waals surface area contributed by atoms with E-state index in [1.807, 2.05) is 0 Å². The first kappa shape index (κ1) is 14.8. The van der Waals surface area contributed by atoms with Crippen molar-refractivity contribution < 1.29 is 15.0 Å². The molecule has 0 aromatic heterocycles. The number of aliphatic hydroxyl groups excluding tert-OH is 1. The molecule has 1 aliphatic carbocycles. The molecule has 0 heterocycles. The molecule has 3 unspecified atom stereocenters. The predicted octanol–water partition coefficient (Wildman–Crippen LogP) is 2.77. The first-order valence-electron chi connectivity index (χ1n) is 6.64. The predicted molar refractivity (Wildman–Crippen MR) is 71.3 cm³/mol. The van der Waals surface area contributed by atoms with E-state index in [4.69, 9.17) is 5.11 Å². The Morgan fingerprint density at radius 2 is 2.18 bits per heavy atom. The molecular weight excluding hydrogens is 236 g/mol. The van der Waals surface area contributed by atoms with Crippen molar-refractivity contribution in [2.24, 2.45) is 11.8 Å². The van der Waals surface area contributed by atoms with Crippen molar-refractivity contribution in [3.8, 4) is 0 Å². The second-order valence-corrected chi connectivity index (χ2v) is 6.25. The van der Waals surface area contributed by atoms with Crippen molar-refractivity contribution in [3.05, 3.63) is 0 Å². The largest absolute Gasteiger partial charge is 0.481 e. The molecule has 0 aromatic carbocycles. The van der Waals surface area contributed by atoms with Gasteiger partial charge in [-0.15, -0.1) is 0 Å². The van der Waals surface area contributed by atoms with Crippen LogP contribution in [0.2, 0.25) is 0 Å². The fraction of sp³-hybridized carbons (Fsp3) is 0.923. The summed E-state index contributed by atoms with van der Waals surface area (Å²) in [7, 11) is 0. The molecular formula is C13H24O3S. The summed E-state index contributed by atoms with van der Waals surface area (Å²) in [6.07, 6.45) is 6.13. The van der Waals surface area contributed by atoms with E-state index >= 15 is 0 Å². The van der Waals surface area contributed by atoms with Crippen LogP contribution in [-0.2, 0) is 4.79 Å². The van der Waals surface area contributed by atoms with E-state index in [2.05, 4.69) is 6.92 Å². The maximum absolute atomic E-state index is 11.2. The number of aliphatic carboxylic acids is 1. The second kappa shape index (κ2) is 7.98. The van der Waals surface area contributed by atoms with Crippen LogP contribution in [0, 0.1) is 11.8 Å². The Morgan fingerprint density at radius 1 is 1.41 bits per heavy atom. The number of carboxylic acid groups (broad SMARTS) is 1. The van der Waals surface area contributed by atoms with Gasteiger partial charge in [0.05, 0.1) is 5.92 Å². The van der Waals surface area contributed by atoms with Crippen molar-refractivity contribution in [1.29, 1.82) is 0 Å². The van der Waals surface area contributed by atoms with Crippen LogP contribution in [0.1, 0.15) is 45.4 Å². The minimum absolute atomic E-state index is 0.174. The molecule has 0 radical (unpaired) electrons. The minimum atomic E-state index is -0.638. The Morgan fingerprint density at radius 3 is 2.76 bits per heavy atom. The molecule has 0 spiro atoms. The highest BCUT2D eigenvalue weighted by Gasteiger charge is 2.34. The Bertz CT molecular complexity index is 233. The van der Waals surface area contributed by atoms with Crippen LogP contribution < -0.4 is 0 Å².